The summed E-state index contributed by atoms with van der Waals surface area (Å²) in [6.45, 7) is 4.67. The molecule has 12 aromatic rings. The SMILES string of the molecule is C=C1c2ccccc2N=C(c2ccc(-c3ccc(-c4nc5ccccc5c5nc6c7ccccc7c7ccccc7c6n45)cc3)cc2)N1c1c(N)c2ccccc2c2ccccc12. The fourth-order valence-corrected chi connectivity index (χ4v) is 9.89. The summed E-state index contributed by atoms with van der Waals surface area (Å²) in [6.07, 6.45) is 0. The molecule has 13 rings (SSSR count). The molecule has 1 aliphatic rings. The van der Waals surface area contributed by atoms with Crippen molar-refractivity contribution in [2.24, 2.45) is 4.99 Å². The van der Waals surface area contributed by atoms with Gasteiger partial charge in [0, 0.05) is 49.3 Å². The first kappa shape index (κ1) is 35.2. The number of nitrogens with two attached hydrogens (primary N) is 1. The molecule has 6 heteroatoms. The third-order valence-electron chi connectivity index (χ3n) is 12.8. The van der Waals surface area contributed by atoms with Crippen LogP contribution in [0.3, 0.4) is 0 Å². The molecule has 294 valence electrons. The highest BCUT2D eigenvalue weighted by Crippen LogP contribution is 2.47. The van der Waals surface area contributed by atoms with Crippen LogP contribution in [0, 0.1) is 0 Å². The minimum absolute atomic E-state index is 0.692. The number of rotatable bonds is 4. The van der Waals surface area contributed by atoms with E-state index in [2.05, 4.69) is 180 Å². The van der Waals surface area contributed by atoms with Crippen molar-refractivity contribution >= 4 is 99.3 Å². The van der Waals surface area contributed by atoms with Crippen molar-refractivity contribution in [1.29, 1.82) is 0 Å². The van der Waals surface area contributed by atoms with Crippen LogP contribution in [0.4, 0.5) is 17.1 Å². The molecule has 3 heterocycles. The Morgan fingerprint density at radius 2 is 0.921 bits per heavy atom. The molecule has 2 N–H and O–H groups in total. The quantitative estimate of drug-likeness (QED) is 0.142. The summed E-state index contributed by atoms with van der Waals surface area (Å²) in [4.78, 5) is 18.2. The van der Waals surface area contributed by atoms with E-state index in [1.807, 2.05) is 30.3 Å². The largest absolute Gasteiger partial charge is 0.397 e. The molecule has 0 aliphatic carbocycles. The van der Waals surface area contributed by atoms with Crippen LogP contribution in [0.5, 0.6) is 0 Å². The Kier molecular flexibility index (Phi) is 7.51. The van der Waals surface area contributed by atoms with E-state index >= 15 is 0 Å². The number of hydrogen-bond acceptors (Lipinski definition) is 5. The monoisotopic (exact) mass is 804 g/mol. The van der Waals surface area contributed by atoms with E-state index in [0.29, 0.717) is 5.69 Å². The number of fused-ring (bicyclic) bond motifs is 14. The van der Waals surface area contributed by atoms with Crippen LogP contribution in [0.25, 0.3) is 98.9 Å². The van der Waals surface area contributed by atoms with Crippen molar-refractivity contribution < 1.29 is 0 Å². The van der Waals surface area contributed by atoms with Gasteiger partial charge in [-0.15, -0.1) is 0 Å². The van der Waals surface area contributed by atoms with Crippen LogP contribution in [-0.4, -0.2) is 20.2 Å². The van der Waals surface area contributed by atoms with Gasteiger partial charge in [0.1, 0.15) is 17.3 Å². The summed E-state index contributed by atoms with van der Waals surface area (Å²) in [5, 5.41) is 9.99. The van der Waals surface area contributed by atoms with Crippen molar-refractivity contribution in [1.82, 2.24) is 14.4 Å². The summed E-state index contributed by atoms with van der Waals surface area (Å²) in [7, 11) is 0. The molecule has 0 fully saturated rings. The molecule has 0 saturated carbocycles. The second-order valence-corrected chi connectivity index (χ2v) is 16.3. The number of aromatic nitrogens is 3. The molecule has 63 heavy (non-hydrogen) atoms. The summed E-state index contributed by atoms with van der Waals surface area (Å²) in [5.74, 6) is 1.62. The molecule has 0 atom stereocenters. The molecule has 0 radical (unpaired) electrons. The number of hydrogen-bond donors (Lipinski definition) is 1. The van der Waals surface area contributed by atoms with Gasteiger partial charge in [-0.1, -0.05) is 183 Å². The van der Waals surface area contributed by atoms with Crippen LogP contribution >= 0.6 is 0 Å². The Morgan fingerprint density at radius 1 is 0.429 bits per heavy atom. The number of imidazole rings is 1. The zero-order valence-electron chi connectivity index (χ0n) is 34.0. The van der Waals surface area contributed by atoms with Crippen molar-refractivity contribution in [2.45, 2.75) is 0 Å². The molecule has 0 unspecified atom stereocenters. The molecular weight excluding hydrogens is 769 g/mol. The lowest BCUT2D eigenvalue weighted by molar-refractivity contribution is 1.16. The predicted molar refractivity (Wildman–Crippen MR) is 264 cm³/mol. The maximum absolute atomic E-state index is 7.17. The second kappa shape index (κ2) is 13.4. The molecule has 0 saturated heterocycles. The van der Waals surface area contributed by atoms with Crippen molar-refractivity contribution in [2.75, 3.05) is 10.6 Å². The fraction of sp³-hybridized carbons (Fsp3) is 0. The van der Waals surface area contributed by atoms with Gasteiger partial charge < -0.3 is 5.73 Å². The number of nitrogen functional groups attached to an aromatic ring is 1. The smallest absolute Gasteiger partial charge is 0.149 e. The first-order valence-corrected chi connectivity index (χ1v) is 21.2. The zero-order valence-corrected chi connectivity index (χ0v) is 34.0. The average Bonchev–Trinajstić information content (AvgIpc) is 3.76. The van der Waals surface area contributed by atoms with Crippen molar-refractivity contribution in [3.05, 3.63) is 212 Å². The lowest BCUT2D eigenvalue weighted by Gasteiger charge is -2.34. The Bertz CT molecular complexity index is 3940. The molecule has 1 aliphatic heterocycles. The van der Waals surface area contributed by atoms with Gasteiger partial charge in [0.15, 0.2) is 0 Å². The lowest BCUT2D eigenvalue weighted by atomic mass is 9.95. The Morgan fingerprint density at radius 3 is 1.62 bits per heavy atom. The molecule has 2 aromatic heterocycles. The normalized spacial score (nSPS) is 12.9. The van der Waals surface area contributed by atoms with Gasteiger partial charge in [0.05, 0.1) is 33.6 Å². The predicted octanol–water partition coefficient (Wildman–Crippen LogP) is 14.1. The minimum atomic E-state index is 0.692. The molecule has 10 aromatic carbocycles. The first-order valence-electron chi connectivity index (χ1n) is 21.2. The maximum Gasteiger partial charge on any atom is 0.149 e. The fourth-order valence-electron chi connectivity index (χ4n) is 9.89. The Balaban J connectivity index is 0.936. The van der Waals surface area contributed by atoms with Crippen molar-refractivity contribution in [3.63, 3.8) is 0 Å². The van der Waals surface area contributed by atoms with E-state index in [1.54, 1.807) is 0 Å². The molecule has 6 nitrogen and oxygen atoms in total. The van der Waals surface area contributed by atoms with Gasteiger partial charge in [0.2, 0.25) is 0 Å². The van der Waals surface area contributed by atoms with Crippen molar-refractivity contribution in [3.8, 4) is 22.5 Å². The average molecular weight is 805 g/mol. The number of amidine groups is 1. The standard InChI is InChI=1S/C57H36N6/c1-34-39-14-10-12-24-49(39)59-55(62(34)53-46-21-8-4-17-42(46)40-15-2-6-19-44(40)51(53)58)37-30-26-35(27-31-37)36-28-32-38(33-29-36)56-60-50-25-13-11-23-48(50)57-61-52-45-20-7-3-16-41(45)43-18-5-9-22-47(43)54(52)63(56)57/h2-33H,1,58H2. The highest BCUT2D eigenvalue weighted by Gasteiger charge is 2.30. The topological polar surface area (TPSA) is 71.8 Å². The molecule has 0 bridgehead atoms. The third-order valence-corrected chi connectivity index (χ3v) is 12.8. The van der Waals surface area contributed by atoms with Gasteiger partial charge in [-0.05, 0) is 50.9 Å². The van der Waals surface area contributed by atoms with E-state index in [9.17, 15) is 0 Å². The Labute approximate surface area is 362 Å². The van der Waals surface area contributed by atoms with Crippen LogP contribution in [0.1, 0.15) is 11.1 Å². The van der Waals surface area contributed by atoms with Gasteiger partial charge in [-0.3, -0.25) is 9.30 Å². The third kappa shape index (κ3) is 5.15. The van der Waals surface area contributed by atoms with E-state index in [-0.39, 0.29) is 0 Å². The van der Waals surface area contributed by atoms with E-state index in [1.165, 1.54) is 10.8 Å². The van der Waals surface area contributed by atoms with Gasteiger partial charge in [0.25, 0.3) is 0 Å². The summed E-state index contributed by atoms with van der Waals surface area (Å²) >= 11 is 0. The van der Waals surface area contributed by atoms with E-state index in [4.69, 9.17) is 20.7 Å². The Hall–Kier alpha value is -8.61. The number of anilines is 2. The highest BCUT2D eigenvalue weighted by atomic mass is 15.2. The number of aliphatic imine (C=N–C) groups is 1. The molecular formula is C57H36N6. The van der Waals surface area contributed by atoms with E-state index < -0.39 is 0 Å². The molecule has 0 spiro atoms. The van der Waals surface area contributed by atoms with Crippen LogP contribution in [-0.2, 0) is 0 Å². The van der Waals surface area contributed by atoms with Gasteiger partial charge >= 0.3 is 0 Å². The van der Waals surface area contributed by atoms with Crippen LogP contribution < -0.4 is 10.6 Å². The number of benzene rings is 10. The molecule has 0 amide bonds. The van der Waals surface area contributed by atoms with E-state index in [0.717, 1.165) is 116 Å². The maximum atomic E-state index is 7.17. The van der Waals surface area contributed by atoms with Crippen LogP contribution in [0.15, 0.2) is 206 Å². The minimum Gasteiger partial charge on any atom is -0.397 e. The highest BCUT2D eigenvalue weighted by molar-refractivity contribution is 6.29. The van der Waals surface area contributed by atoms with Gasteiger partial charge in [-0.2, -0.15) is 0 Å². The van der Waals surface area contributed by atoms with Crippen LogP contribution in [0.2, 0.25) is 0 Å². The second-order valence-electron chi connectivity index (χ2n) is 16.3. The summed E-state index contributed by atoms with van der Waals surface area (Å²) in [5.41, 5.74) is 19.4. The summed E-state index contributed by atoms with van der Waals surface area (Å²) < 4.78 is 2.27. The zero-order chi connectivity index (χ0) is 41.8. The summed E-state index contributed by atoms with van der Waals surface area (Å²) in [6, 6.07) is 67.9. The lowest BCUT2D eigenvalue weighted by Crippen LogP contribution is -2.33. The number of para-hydroxylation sites is 2. The number of nitrogens with zero attached hydrogens (tertiary/aromatic N) is 5. The first-order chi connectivity index (χ1) is 31.1. The van der Waals surface area contributed by atoms with Gasteiger partial charge in [-0.25, -0.2) is 15.0 Å².